The van der Waals surface area contributed by atoms with E-state index in [9.17, 15) is 29.1 Å². The first-order valence-corrected chi connectivity index (χ1v) is 10.1. The van der Waals surface area contributed by atoms with Gasteiger partial charge in [0.05, 0.1) is 12.5 Å². The molecule has 0 aliphatic carbocycles. The van der Waals surface area contributed by atoms with Crippen molar-refractivity contribution < 1.29 is 34.2 Å². The number of nitrogens with two attached hydrogens (primary N) is 1. The van der Waals surface area contributed by atoms with Gasteiger partial charge in [-0.15, -0.1) is 0 Å². The van der Waals surface area contributed by atoms with E-state index in [0.717, 1.165) is 0 Å². The molecule has 7 N–H and O–H groups in total. The summed E-state index contributed by atoms with van der Waals surface area (Å²) in [5, 5.41) is 25.3. The SMILES string of the molecule is CC(N)C(=O)NC(C(=O)NC(Cc1ccccc1)C(=O)NC(CC(=O)O)C(=O)O)C(C)C. The molecule has 0 radical (unpaired) electrons. The largest absolute Gasteiger partial charge is 0.481 e. The van der Waals surface area contributed by atoms with Gasteiger partial charge in [0, 0.05) is 6.42 Å². The average Bonchev–Trinajstić information content (AvgIpc) is 2.70. The van der Waals surface area contributed by atoms with Crippen molar-refractivity contribution in [3.05, 3.63) is 35.9 Å². The standard InChI is InChI=1S/C21H30N4O7/c1-11(2)17(25-18(28)12(3)22)20(30)23-14(9-13-7-5-4-6-8-13)19(29)24-15(21(31)32)10-16(26)27/h4-8,11-12,14-15,17H,9-10,22H2,1-3H3,(H,23,30)(H,24,29)(H,25,28)(H,26,27)(H,31,32). The van der Waals surface area contributed by atoms with Crippen LogP contribution in [-0.4, -0.2) is 64.0 Å². The van der Waals surface area contributed by atoms with Crippen LogP contribution in [0.4, 0.5) is 0 Å². The minimum Gasteiger partial charge on any atom is -0.481 e. The molecule has 0 heterocycles. The fourth-order valence-corrected chi connectivity index (χ4v) is 2.79. The molecule has 0 fully saturated rings. The fourth-order valence-electron chi connectivity index (χ4n) is 2.79. The Morgan fingerprint density at radius 2 is 1.41 bits per heavy atom. The summed E-state index contributed by atoms with van der Waals surface area (Å²) in [5.74, 6) is -5.33. The Morgan fingerprint density at radius 3 is 1.88 bits per heavy atom. The van der Waals surface area contributed by atoms with Crippen LogP contribution in [-0.2, 0) is 30.4 Å². The van der Waals surface area contributed by atoms with Crippen LogP contribution in [0.3, 0.4) is 0 Å². The number of aliphatic carboxylic acids is 2. The Morgan fingerprint density at radius 1 is 0.844 bits per heavy atom. The highest BCUT2D eigenvalue weighted by Gasteiger charge is 2.32. The van der Waals surface area contributed by atoms with E-state index in [0.29, 0.717) is 5.56 Å². The zero-order chi connectivity index (χ0) is 24.4. The number of carbonyl (C=O) groups is 5. The van der Waals surface area contributed by atoms with Crippen molar-refractivity contribution in [3.8, 4) is 0 Å². The van der Waals surface area contributed by atoms with Crippen LogP contribution in [0.1, 0.15) is 32.8 Å². The monoisotopic (exact) mass is 450 g/mol. The summed E-state index contributed by atoms with van der Waals surface area (Å²) in [6, 6.07) is 3.94. The molecule has 32 heavy (non-hydrogen) atoms. The van der Waals surface area contributed by atoms with E-state index in [1.54, 1.807) is 44.2 Å². The molecule has 1 rings (SSSR count). The van der Waals surface area contributed by atoms with Gasteiger partial charge in [-0.3, -0.25) is 19.2 Å². The van der Waals surface area contributed by atoms with Crippen LogP contribution in [0, 0.1) is 5.92 Å². The molecule has 0 aliphatic rings. The summed E-state index contributed by atoms with van der Waals surface area (Å²) in [6.07, 6.45) is -0.810. The Bertz CT molecular complexity index is 827. The number of benzene rings is 1. The predicted octanol–water partition coefficient (Wildman–Crippen LogP) is -0.754. The number of hydrogen-bond acceptors (Lipinski definition) is 6. The van der Waals surface area contributed by atoms with E-state index in [2.05, 4.69) is 16.0 Å². The predicted molar refractivity (Wildman–Crippen MR) is 114 cm³/mol. The summed E-state index contributed by atoms with van der Waals surface area (Å²) < 4.78 is 0. The van der Waals surface area contributed by atoms with Crippen LogP contribution in [0.2, 0.25) is 0 Å². The molecule has 0 bridgehead atoms. The van der Waals surface area contributed by atoms with Gasteiger partial charge < -0.3 is 31.9 Å². The van der Waals surface area contributed by atoms with Crippen LogP contribution >= 0.6 is 0 Å². The Balaban J connectivity index is 3.10. The summed E-state index contributed by atoms with van der Waals surface area (Å²) >= 11 is 0. The molecular formula is C21H30N4O7. The van der Waals surface area contributed by atoms with Crippen molar-refractivity contribution in [2.75, 3.05) is 0 Å². The molecule has 1 aromatic rings. The number of nitrogens with one attached hydrogen (secondary N) is 3. The molecule has 0 spiro atoms. The molecule has 0 aliphatic heterocycles. The quantitative estimate of drug-likeness (QED) is 0.240. The highest BCUT2D eigenvalue weighted by Crippen LogP contribution is 2.08. The summed E-state index contributed by atoms with van der Waals surface area (Å²) in [5.41, 5.74) is 6.23. The van der Waals surface area contributed by atoms with Crippen LogP contribution in [0.15, 0.2) is 30.3 Å². The number of rotatable bonds is 12. The third kappa shape index (κ3) is 8.72. The lowest BCUT2D eigenvalue weighted by atomic mass is 10.0. The molecule has 11 heteroatoms. The van der Waals surface area contributed by atoms with Gasteiger partial charge in [-0.1, -0.05) is 44.2 Å². The maximum Gasteiger partial charge on any atom is 0.326 e. The number of carboxylic acid groups (broad SMARTS) is 2. The summed E-state index contributed by atoms with van der Waals surface area (Å²) in [6.45, 7) is 4.86. The number of hydrogen-bond donors (Lipinski definition) is 6. The number of amides is 3. The summed E-state index contributed by atoms with van der Waals surface area (Å²) in [7, 11) is 0. The zero-order valence-corrected chi connectivity index (χ0v) is 18.2. The highest BCUT2D eigenvalue weighted by atomic mass is 16.4. The van der Waals surface area contributed by atoms with E-state index in [-0.39, 0.29) is 12.3 Å². The fraction of sp³-hybridized carbons (Fsp3) is 0.476. The minimum atomic E-state index is -1.67. The average molecular weight is 450 g/mol. The first-order chi connectivity index (χ1) is 14.9. The third-order valence-electron chi connectivity index (χ3n) is 4.57. The van der Waals surface area contributed by atoms with Crippen molar-refractivity contribution in [1.29, 1.82) is 0 Å². The van der Waals surface area contributed by atoms with Crippen LogP contribution < -0.4 is 21.7 Å². The van der Waals surface area contributed by atoms with Gasteiger partial charge >= 0.3 is 11.9 Å². The first kappa shape index (κ1) is 26.6. The van der Waals surface area contributed by atoms with Gasteiger partial charge in [0.25, 0.3) is 0 Å². The lowest BCUT2D eigenvalue weighted by Gasteiger charge is -2.26. The van der Waals surface area contributed by atoms with Crippen LogP contribution in [0.5, 0.6) is 0 Å². The molecule has 1 aromatic carbocycles. The lowest BCUT2D eigenvalue weighted by molar-refractivity contribution is -0.147. The highest BCUT2D eigenvalue weighted by molar-refractivity contribution is 5.94. The maximum absolute atomic E-state index is 12.9. The topological polar surface area (TPSA) is 188 Å². The van der Waals surface area contributed by atoms with Crippen molar-refractivity contribution in [2.24, 2.45) is 11.7 Å². The molecule has 11 nitrogen and oxygen atoms in total. The normalized spacial score (nSPS) is 14.5. The third-order valence-corrected chi connectivity index (χ3v) is 4.57. The van der Waals surface area contributed by atoms with Gasteiger partial charge in [0.2, 0.25) is 17.7 Å². The maximum atomic E-state index is 12.9. The van der Waals surface area contributed by atoms with Crippen molar-refractivity contribution in [1.82, 2.24) is 16.0 Å². The van der Waals surface area contributed by atoms with Crippen molar-refractivity contribution in [2.45, 2.75) is 57.8 Å². The number of carboxylic acids is 2. The van der Waals surface area contributed by atoms with Crippen molar-refractivity contribution >= 4 is 29.7 Å². The molecule has 0 saturated heterocycles. The molecular weight excluding hydrogens is 420 g/mol. The minimum absolute atomic E-state index is 0.0177. The Hall–Kier alpha value is -3.47. The zero-order valence-electron chi connectivity index (χ0n) is 18.2. The van der Waals surface area contributed by atoms with Gasteiger partial charge in [-0.05, 0) is 18.4 Å². The second-order valence-corrected chi connectivity index (χ2v) is 7.77. The summed E-state index contributed by atoms with van der Waals surface area (Å²) in [4.78, 5) is 59.9. The van der Waals surface area contributed by atoms with E-state index < -0.39 is 60.2 Å². The second kappa shape index (κ2) is 12.4. The van der Waals surface area contributed by atoms with E-state index in [4.69, 9.17) is 10.8 Å². The number of carbonyl (C=O) groups excluding carboxylic acids is 3. The van der Waals surface area contributed by atoms with Gasteiger partial charge in [-0.2, -0.15) is 0 Å². The Kier molecular flexibility index (Phi) is 10.3. The smallest absolute Gasteiger partial charge is 0.326 e. The van der Waals surface area contributed by atoms with Gasteiger partial charge in [-0.25, -0.2) is 4.79 Å². The molecule has 0 saturated carbocycles. The van der Waals surface area contributed by atoms with E-state index in [1.165, 1.54) is 6.92 Å². The van der Waals surface area contributed by atoms with Gasteiger partial charge in [0.15, 0.2) is 0 Å². The molecule has 0 aromatic heterocycles. The second-order valence-electron chi connectivity index (χ2n) is 7.77. The van der Waals surface area contributed by atoms with E-state index >= 15 is 0 Å². The first-order valence-electron chi connectivity index (χ1n) is 10.1. The molecule has 4 atom stereocenters. The van der Waals surface area contributed by atoms with Crippen LogP contribution in [0.25, 0.3) is 0 Å². The lowest BCUT2D eigenvalue weighted by Crippen LogP contribution is -2.58. The molecule has 4 unspecified atom stereocenters. The Labute approximate surface area is 185 Å². The van der Waals surface area contributed by atoms with E-state index in [1.807, 2.05) is 0 Å². The molecule has 176 valence electrons. The van der Waals surface area contributed by atoms with Gasteiger partial charge in [0.1, 0.15) is 18.1 Å². The molecule has 3 amide bonds. The van der Waals surface area contributed by atoms with Crippen molar-refractivity contribution in [3.63, 3.8) is 0 Å².